The van der Waals surface area contributed by atoms with E-state index in [2.05, 4.69) is 90.7 Å². The van der Waals surface area contributed by atoms with Crippen molar-refractivity contribution in [3.63, 3.8) is 0 Å². The molecule has 134 valence electrons. The van der Waals surface area contributed by atoms with Crippen LogP contribution in [0.3, 0.4) is 0 Å². The van der Waals surface area contributed by atoms with Crippen LogP contribution in [0.15, 0.2) is 60.7 Å². The standard InChI is InChI=1S/C21H28OS2Si/c1-25(19-11-4-2-5-12-19,20-13-6-3-7-14-20)21(15-8-9-16-22)23-17-10-18-24-21/h2-7,11-14,22H,8-10,15-18H2,1H3. The maximum absolute atomic E-state index is 9.31. The van der Waals surface area contributed by atoms with Gasteiger partial charge < -0.3 is 5.11 Å². The molecule has 0 spiro atoms. The van der Waals surface area contributed by atoms with Crippen molar-refractivity contribution >= 4 is 42.0 Å². The zero-order chi connectivity index (χ0) is 17.6. The van der Waals surface area contributed by atoms with E-state index in [1.54, 1.807) is 0 Å². The highest BCUT2D eigenvalue weighted by Gasteiger charge is 2.53. The normalized spacial score (nSPS) is 17.4. The number of unbranched alkanes of at least 4 members (excludes halogenated alkanes) is 1. The Bertz CT molecular complexity index is 602. The minimum absolute atomic E-state index is 0.253. The van der Waals surface area contributed by atoms with Crippen LogP contribution in [0.1, 0.15) is 25.7 Å². The largest absolute Gasteiger partial charge is 0.396 e. The topological polar surface area (TPSA) is 20.2 Å². The summed E-state index contributed by atoms with van der Waals surface area (Å²) in [7, 11) is -1.96. The van der Waals surface area contributed by atoms with E-state index in [9.17, 15) is 5.11 Å². The van der Waals surface area contributed by atoms with Crippen molar-refractivity contribution in [3.05, 3.63) is 60.7 Å². The van der Waals surface area contributed by atoms with E-state index < -0.39 is 8.07 Å². The molecule has 3 rings (SSSR count). The first kappa shape index (κ1) is 19.1. The minimum atomic E-state index is -1.96. The number of benzene rings is 2. The Balaban J connectivity index is 2.10. The van der Waals surface area contributed by atoms with Crippen molar-refractivity contribution in [3.8, 4) is 0 Å². The van der Waals surface area contributed by atoms with Gasteiger partial charge in [0.2, 0.25) is 0 Å². The van der Waals surface area contributed by atoms with Gasteiger partial charge in [-0.25, -0.2) is 0 Å². The van der Waals surface area contributed by atoms with Gasteiger partial charge in [-0.2, -0.15) is 0 Å². The van der Waals surface area contributed by atoms with E-state index in [4.69, 9.17) is 0 Å². The van der Waals surface area contributed by atoms with Gasteiger partial charge in [0.25, 0.3) is 0 Å². The summed E-state index contributed by atoms with van der Waals surface area (Å²) in [5.41, 5.74) is 0. The molecule has 1 aliphatic heterocycles. The Morgan fingerprint density at radius 1 is 0.880 bits per heavy atom. The number of hydrogen-bond donors (Lipinski definition) is 1. The molecule has 1 heterocycles. The summed E-state index contributed by atoms with van der Waals surface area (Å²) in [5, 5.41) is 12.4. The quantitative estimate of drug-likeness (QED) is 0.568. The zero-order valence-corrected chi connectivity index (χ0v) is 17.6. The van der Waals surface area contributed by atoms with Gasteiger partial charge in [0, 0.05) is 6.61 Å². The van der Waals surface area contributed by atoms with Crippen molar-refractivity contribution in [2.24, 2.45) is 0 Å². The van der Waals surface area contributed by atoms with E-state index in [0.29, 0.717) is 6.61 Å². The second kappa shape index (κ2) is 8.80. The summed E-state index contributed by atoms with van der Waals surface area (Å²) in [6.45, 7) is 2.88. The minimum Gasteiger partial charge on any atom is -0.396 e. The first-order valence-electron chi connectivity index (χ1n) is 9.23. The lowest BCUT2D eigenvalue weighted by Crippen LogP contribution is -2.69. The van der Waals surface area contributed by atoms with Gasteiger partial charge >= 0.3 is 0 Å². The molecule has 0 unspecified atom stereocenters. The molecule has 1 fully saturated rings. The maximum atomic E-state index is 9.31. The Morgan fingerprint density at radius 3 is 1.88 bits per heavy atom. The third kappa shape index (κ3) is 3.87. The van der Waals surface area contributed by atoms with Crippen LogP contribution in [-0.2, 0) is 0 Å². The zero-order valence-electron chi connectivity index (χ0n) is 15.0. The predicted molar refractivity (Wildman–Crippen MR) is 117 cm³/mol. The van der Waals surface area contributed by atoms with Crippen LogP contribution in [0.5, 0.6) is 0 Å². The molecule has 1 saturated heterocycles. The van der Waals surface area contributed by atoms with E-state index in [1.165, 1.54) is 34.7 Å². The smallest absolute Gasteiger partial charge is 0.142 e. The van der Waals surface area contributed by atoms with E-state index in [1.807, 2.05) is 0 Å². The lowest BCUT2D eigenvalue weighted by molar-refractivity contribution is 0.283. The molecule has 0 aliphatic carbocycles. The predicted octanol–water partition coefficient (Wildman–Crippen LogP) is 4.15. The van der Waals surface area contributed by atoms with Crippen LogP contribution in [0, 0.1) is 0 Å². The molecular weight excluding hydrogens is 360 g/mol. The van der Waals surface area contributed by atoms with Crippen LogP contribution >= 0.6 is 23.5 Å². The fourth-order valence-corrected chi connectivity index (χ4v) is 14.7. The summed E-state index contributed by atoms with van der Waals surface area (Å²) in [4.78, 5) is 0. The van der Waals surface area contributed by atoms with Gasteiger partial charge in [0.15, 0.2) is 0 Å². The molecule has 4 heteroatoms. The third-order valence-electron chi connectivity index (χ3n) is 5.34. The van der Waals surface area contributed by atoms with Gasteiger partial charge in [-0.3, -0.25) is 0 Å². The fourth-order valence-electron chi connectivity index (χ4n) is 3.88. The van der Waals surface area contributed by atoms with Crippen molar-refractivity contribution in [2.45, 2.75) is 35.9 Å². The average molecular weight is 389 g/mol. The lowest BCUT2D eigenvalue weighted by Gasteiger charge is -2.49. The summed E-state index contributed by atoms with van der Waals surface area (Å²) in [6, 6.07) is 22.4. The maximum Gasteiger partial charge on any atom is 0.142 e. The van der Waals surface area contributed by atoms with Crippen molar-refractivity contribution in [2.75, 3.05) is 18.1 Å². The average Bonchev–Trinajstić information content (AvgIpc) is 2.69. The molecule has 2 aromatic rings. The first-order chi connectivity index (χ1) is 12.2. The van der Waals surface area contributed by atoms with Gasteiger partial charge in [-0.15, -0.1) is 23.5 Å². The third-order valence-corrected chi connectivity index (χ3v) is 16.4. The van der Waals surface area contributed by atoms with Crippen LogP contribution in [-0.4, -0.2) is 35.0 Å². The van der Waals surface area contributed by atoms with Gasteiger partial charge in [0.1, 0.15) is 8.07 Å². The van der Waals surface area contributed by atoms with Crippen LogP contribution in [0.2, 0.25) is 6.55 Å². The second-order valence-corrected chi connectivity index (χ2v) is 14.9. The lowest BCUT2D eigenvalue weighted by atomic mass is 10.2. The number of aliphatic hydroxyl groups is 1. The van der Waals surface area contributed by atoms with Gasteiger partial charge in [-0.1, -0.05) is 77.6 Å². The summed E-state index contributed by atoms with van der Waals surface area (Å²) in [6.07, 6.45) is 4.52. The van der Waals surface area contributed by atoms with Crippen LogP contribution < -0.4 is 10.4 Å². The number of aliphatic hydroxyl groups excluding tert-OH is 1. The highest BCUT2D eigenvalue weighted by atomic mass is 32.2. The molecule has 25 heavy (non-hydrogen) atoms. The van der Waals surface area contributed by atoms with Gasteiger partial charge in [-0.05, 0) is 37.2 Å². The number of rotatable bonds is 7. The molecule has 0 amide bonds. The molecule has 0 radical (unpaired) electrons. The molecule has 0 aromatic heterocycles. The first-order valence-corrected chi connectivity index (χ1v) is 13.7. The SMILES string of the molecule is C[Si](c1ccccc1)(c1ccccc1)C1(CCCCO)SCCCS1. The molecule has 2 aromatic carbocycles. The number of thioether (sulfide) groups is 2. The molecular formula is C21H28OS2Si. The number of hydrogen-bond acceptors (Lipinski definition) is 3. The molecule has 0 atom stereocenters. The van der Waals surface area contributed by atoms with E-state index in [-0.39, 0.29) is 3.70 Å². The highest BCUT2D eigenvalue weighted by molar-refractivity contribution is 8.21. The Kier molecular flexibility index (Phi) is 6.72. The van der Waals surface area contributed by atoms with Crippen LogP contribution in [0.4, 0.5) is 0 Å². The Morgan fingerprint density at radius 2 is 1.40 bits per heavy atom. The summed E-state index contributed by atoms with van der Waals surface area (Å²) >= 11 is 4.40. The second-order valence-electron chi connectivity index (χ2n) is 6.84. The van der Waals surface area contributed by atoms with Gasteiger partial charge in [0.05, 0.1) is 3.70 Å². The van der Waals surface area contributed by atoms with Crippen molar-refractivity contribution in [1.29, 1.82) is 0 Å². The molecule has 0 bridgehead atoms. The van der Waals surface area contributed by atoms with E-state index in [0.717, 1.165) is 12.8 Å². The molecule has 1 N–H and O–H groups in total. The Hall–Kier alpha value is -0.683. The summed E-state index contributed by atoms with van der Waals surface area (Å²) in [5.74, 6) is 2.52. The fraction of sp³-hybridized carbons (Fsp3) is 0.429. The molecule has 0 saturated carbocycles. The Labute approximate surface area is 161 Å². The molecule has 1 nitrogen and oxygen atoms in total. The molecule has 1 aliphatic rings. The summed E-state index contributed by atoms with van der Waals surface area (Å²) < 4.78 is 0.253. The van der Waals surface area contributed by atoms with Crippen molar-refractivity contribution in [1.82, 2.24) is 0 Å². The highest BCUT2D eigenvalue weighted by Crippen LogP contribution is 2.51. The van der Waals surface area contributed by atoms with Crippen LogP contribution in [0.25, 0.3) is 0 Å². The monoisotopic (exact) mass is 388 g/mol. The van der Waals surface area contributed by atoms with E-state index >= 15 is 0 Å². The van der Waals surface area contributed by atoms with Crippen molar-refractivity contribution < 1.29 is 5.11 Å².